The maximum Gasteiger partial charge on any atom is 0.268 e. The minimum Gasteiger partial charge on any atom is -0.508 e. The van der Waals surface area contributed by atoms with Gasteiger partial charge in [-0.15, -0.1) is 6.58 Å². The predicted octanol–water partition coefficient (Wildman–Crippen LogP) is 6.53. The van der Waals surface area contributed by atoms with E-state index >= 15 is 0 Å². The number of phenolic OH excluding ortho intramolecular Hbond substituents is 2. The summed E-state index contributed by atoms with van der Waals surface area (Å²) < 4.78 is 0. The second kappa shape index (κ2) is 12.5. The monoisotopic (exact) mass is 621 g/mol. The lowest BCUT2D eigenvalue weighted by Gasteiger charge is -2.44. The number of aromatic amines is 1. The van der Waals surface area contributed by atoms with Gasteiger partial charge in [0, 0.05) is 44.6 Å². The van der Waals surface area contributed by atoms with E-state index in [4.69, 9.17) is 0 Å². The first-order chi connectivity index (χ1) is 21.8. The number of aldehydes is 1. The Morgan fingerprint density at radius 2 is 1.87 bits per heavy atom. The number of piperazine rings is 1. The van der Waals surface area contributed by atoms with Gasteiger partial charge in [-0.05, 0) is 63.7 Å². The summed E-state index contributed by atoms with van der Waals surface area (Å²) >= 11 is 0. The van der Waals surface area contributed by atoms with E-state index in [2.05, 4.69) is 22.2 Å². The number of phenols is 2. The van der Waals surface area contributed by atoms with Crippen molar-refractivity contribution in [2.24, 2.45) is 11.8 Å². The maximum atomic E-state index is 13.9. The fraction of sp³-hybridized carbons (Fsp3) is 0.342. The van der Waals surface area contributed by atoms with Crippen LogP contribution < -0.4 is 10.6 Å². The van der Waals surface area contributed by atoms with E-state index in [-0.39, 0.29) is 46.4 Å². The summed E-state index contributed by atoms with van der Waals surface area (Å²) in [5.41, 5.74) is 3.21. The summed E-state index contributed by atoms with van der Waals surface area (Å²) in [6.07, 6.45) is 11.6. The number of benzene rings is 2. The van der Waals surface area contributed by atoms with E-state index in [0.717, 1.165) is 27.7 Å². The largest absolute Gasteiger partial charge is 0.508 e. The van der Waals surface area contributed by atoms with Gasteiger partial charge in [-0.1, -0.05) is 68.8 Å². The minimum absolute atomic E-state index is 0.0466. The highest BCUT2D eigenvalue weighted by Crippen LogP contribution is 2.40. The average molecular weight is 622 g/mol. The van der Waals surface area contributed by atoms with Crippen LogP contribution in [0, 0.1) is 11.8 Å². The summed E-state index contributed by atoms with van der Waals surface area (Å²) in [5, 5.41) is 28.5. The molecule has 1 saturated heterocycles. The van der Waals surface area contributed by atoms with Crippen molar-refractivity contribution in [2.45, 2.75) is 71.3 Å². The number of fused-ring (bicyclic) bond motifs is 1. The molecule has 0 saturated carbocycles. The molecule has 0 radical (unpaired) electrons. The van der Waals surface area contributed by atoms with E-state index in [1.54, 1.807) is 6.08 Å². The molecular weight excluding hydrogens is 578 g/mol. The van der Waals surface area contributed by atoms with Gasteiger partial charge in [0.05, 0.1) is 5.56 Å². The number of carbonyl (C=O) groups excluding carboxylic acids is 3. The predicted molar refractivity (Wildman–Crippen MR) is 182 cm³/mol. The van der Waals surface area contributed by atoms with Crippen molar-refractivity contribution in [3.63, 3.8) is 0 Å². The van der Waals surface area contributed by atoms with Crippen LogP contribution in [0.4, 0.5) is 0 Å². The zero-order chi connectivity index (χ0) is 33.4. The van der Waals surface area contributed by atoms with Gasteiger partial charge < -0.3 is 25.8 Å². The van der Waals surface area contributed by atoms with Crippen LogP contribution in [0.25, 0.3) is 17.0 Å². The molecule has 0 bridgehead atoms. The molecule has 5 rings (SSSR count). The number of aromatic hydroxyl groups is 2. The normalized spacial score (nSPS) is 22.2. The lowest BCUT2D eigenvalue weighted by molar-refractivity contribution is -0.138. The molecule has 240 valence electrons. The Morgan fingerprint density at radius 3 is 2.57 bits per heavy atom. The van der Waals surface area contributed by atoms with Crippen molar-refractivity contribution in [1.29, 1.82) is 0 Å². The summed E-state index contributed by atoms with van der Waals surface area (Å²) in [6, 6.07) is 9.34. The van der Waals surface area contributed by atoms with Crippen LogP contribution in [-0.4, -0.2) is 38.8 Å². The molecule has 3 aromatic rings. The van der Waals surface area contributed by atoms with E-state index in [9.17, 15) is 24.6 Å². The van der Waals surface area contributed by atoms with Crippen molar-refractivity contribution < 1.29 is 24.6 Å². The molecule has 46 heavy (non-hydrogen) atoms. The van der Waals surface area contributed by atoms with Crippen molar-refractivity contribution in [2.75, 3.05) is 0 Å². The van der Waals surface area contributed by atoms with Gasteiger partial charge >= 0.3 is 0 Å². The van der Waals surface area contributed by atoms with E-state index in [0.29, 0.717) is 43.1 Å². The molecule has 2 amide bonds. The molecular formula is C38H43N3O5. The smallest absolute Gasteiger partial charge is 0.268 e. The molecule has 3 atom stereocenters. The summed E-state index contributed by atoms with van der Waals surface area (Å²) in [7, 11) is 0. The van der Waals surface area contributed by atoms with Crippen LogP contribution >= 0.6 is 0 Å². The molecule has 0 unspecified atom stereocenters. The van der Waals surface area contributed by atoms with Crippen molar-refractivity contribution in [3.8, 4) is 11.5 Å². The number of allylic oxidation sites excluding steroid dienone is 4. The Labute approximate surface area is 270 Å². The number of H-pyrrole nitrogens is 1. The molecule has 1 spiro atoms. The SMILES string of the molecule is C=CC(C)(C)c1[nH]c2ccccc2c1/C=C1\NC(=O)[C@@]2(C[C@H](CCc3c(O)cc(CC=C(C)C)c(O)c3C=O)C=C[C@@H]2C)NC1=O. The Balaban J connectivity index is 1.39. The third-order valence-electron chi connectivity index (χ3n) is 9.58. The zero-order valence-electron chi connectivity index (χ0n) is 27.2. The van der Waals surface area contributed by atoms with Gasteiger partial charge in [0.1, 0.15) is 22.7 Å². The van der Waals surface area contributed by atoms with Gasteiger partial charge in [0.25, 0.3) is 11.8 Å². The standard InChI is InChI=1S/C38H43N3O5/c1-7-37(5,6)34-28(26-10-8-9-11-30(26)39-34)19-31-35(45)41-38(36(46)40-31)20-24(14-13-23(38)4)15-17-27-29(21-42)33(44)25(18-32(27)43)16-12-22(2)3/h7-14,18-19,21,23-24,39,43-44H,1,15-17,20H2,2-6H3,(H,40,46)(H,41,45)/b31-19-/t23-,24-,38-/m0/s1. The summed E-state index contributed by atoms with van der Waals surface area (Å²) in [6.45, 7) is 13.9. The number of carbonyl (C=O) groups is 3. The van der Waals surface area contributed by atoms with Crippen LogP contribution in [0.5, 0.6) is 11.5 Å². The first-order valence-corrected chi connectivity index (χ1v) is 15.7. The molecule has 8 nitrogen and oxygen atoms in total. The lowest BCUT2D eigenvalue weighted by Crippen LogP contribution is -2.68. The van der Waals surface area contributed by atoms with E-state index in [1.807, 2.05) is 83.2 Å². The summed E-state index contributed by atoms with van der Waals surface area (Å²) in [5.74, 6) is -1.23. The quantitative estimate of drug-likeness (QED) is 0.0802. The van der Waals surface area contributed by atoms with Crippen LogP contribution in [-0.2, 0) is 27.8 Å². The Morgan fingerprint density at radius 1 is 1.13 bits per heavy atom. The number of hydrogen-bond acceptors (Lipinski definition) is 5. The molecule has 5 N–H and O–H groups in total. The fourth-order valence-electron chi connectivity index (χ4n) is 6.57. The lowest BCUT2D eigenvalue weighted by atomic mass is 9.70. The number of para-hydroxylation sites is 1. The third kappa shape index (κ3) is 5.91. The van der Waals surface area contributed by atoms with Crippen LogP contribution in [0.1, 0.15) is 80.2 Å². The highest BCUT2D eigenvalue weighted by molar-refractivity contribution is 6.10. The zero-order valence-corrected chi connectivity index (χ0v) is 27.2. The second-order valence-electron chi connectivity index (χ2n) is 13.4. The average Bonchev–Trinajstić information content (AvgIpc) is 3.40. The van der Waals surface area contributed by atoms with Gasteiger partial charge in [-0.25, -0.2) is 0 Å². The topological polar surface area (TPSA) is 132 Å². The van der Waals surface area contributed by atoms with Gasteiger partial charge in [0.15, 0.2) is 6.29 Å². The molecule has 2 aliphatic rings. The number of nitrogens with one attached hydrogen (secondary N) is 3. The highest BCUT2D eigenvalue weighted by atomic mass is 16.3. The first-order valence-electron chi connectivity index (χ1n) is 15.7. The number of hydrogen-bond donors (Lipinski definition) is 5. The minimum atomic E-state index is -1.16. The molecule has 1 aliphatic carbocycles. The van der Waals surface area contributed by atoms with E-state index < -0.39 is 11.0 Å². The molecule has 8 heteroatoms. The van der Waals surface area contributed by atoms with Crippen LogP contribution in [0.3, 0.4) is 0 Å². The third-order valence-corrected chi connectivity index (χ3v) is 9.58. The number of amides is 2. The van der Waals surface area contributed by atoms with Crippen LogP contribution in [0.15, 0.2) is 72.5 Å². The van der Waals surface area contributed by atoms with Gasteiger partial charge in [0.2, 0.25) is 0 Å². The number of rotatable bonds is 9. The molecule has 2 heterocycles. The van der Waals surface area contributed by atoms with Crippen molar-refractivity contribution >= 4 is 35.1 Å². The van der Waals surface area contributed by atoms with Crippen molar-refractivity contribution in [3.05, 3.63) is 100 Å². The van der Waals surface area contributed by atoms with E-state index in [1.165, 1.54) is 6.07 Å². The molecule has 2 aromatic carbocycles. The maximum absolute atomic E-state index is 13.9. The Bertz CT molecular complexity index is 1820. The second-order valence-corrected chi connectivity index (χ2v) is 13.4. The molecule has 1 aromatic heterocycles. The number of aromatic nitrogens is 1. The van der Waals surface area contributed by atoms with Crippen molar-refractivity contribution in [1.82, 2.24) is 15.6 Å². The molecule has 1 aliphatic heterocycles. The highest BCUT2D eigenvalue weighted by Gasteiger charge is 2.50. The van der Waals surface area contributed by atoms with Gasteiger partial charge in [-0.2, -0.15) is 0 Å². The van der Waals surface area contributed by atoms with Gasteiger partial charge in [-0.3, -0.25) is 14.4 Å². The van der Waals surface area contributed by atoms with Crippen LogP contribution in [0.2, 0.25) is 0 Å². The molecule has 1 fully saturated rings. The first kappa shape index (κ1) is 32.5. The summed E-state index contributed by atoms with van der Waals surface area (Å²) in [4.78, 5) is 43.0. The Kier molecular flexibility index (Phi) is 8.85. The Hall–Kier alpha value is -4.85. The fourth-order valence-corrected chi connectivity index (χ4v) is 6.57.